The fraction of sp³-hybridized carbons (Fsp3) is 0.0833. The molecule has 0 saturated carbocycles. The second-order valence-corrected chi connectivity index (χ2v) is 3.28. The zero-order chi connectivity index (χ0) is 10.1. The third-order valence-electron chi connectivity index (χ3n) is 2.30. The molecule has 14 heavy (non-hydrogen) atoms. The molecule has 0 unspecified atom stereocenters. The van der Waals surface area contributed by atoms with Crippen LogP contribution >= 0.6 is 0 Å². The quantitative estimate of drug-likeness (QED) is 0.658. The van der Waals surface area contributed by atoms with Crippen LogP contribution in [0.4, 0.5) is 5.69 Å². The Morgan fingerprint density at radius 2 is 1.86 bits per heavy atom. The molecule has 0 bridgehead atoms. The predicted molar refractivity (Wildman–Crippen MR) is 56.8 cm³/mol. The van der Waals surface area contributed by atoms with Gasteiger partial charge in [-0.3, -0.25) is 9.69 Å². The minimum absolute atomic E-state index is 0.0151. The van der Waals surface area contributed by atoms with Crippen LogP contribution in [0.3, 0.4) is 0 Å². The lowest BCUT2D eigenvalue weighted by molar-refractivity contribution is -0.113. The minimum Gasteiger partial charge on any atom is -0.278 e. The van der Waals surface area contributed by atoms with Crippen molar-refractivity contribution in [3.05, 3.63) is 54.3 Å². The predicted octanol–water partition coefficient (Wildman–Crippen LogP) is 2.49. The zero-order valence-corrected chi connectivity index (χ0v) is 8.03. The molecule has 2 rings (SSSR count). The van der Waals surface area contributed by atoms with E-state index in [-0.39, 0.29) is 5.91 Å². The molecule has 1 aromatic rings. The van der Waals surface area contributed by atoms with E-state index in [9.17, 15) is 4.79 Å². The largest absolute Gasteiger partial charge is 0.278 e. The molecule has 0 aliphatic carbocycles. The molecular formula is C12H11NO. The van der Waals surface area contributed by atoms with Crippen LogP contribution in [-0.4, -0.2) is 5.91 Å². The fourth-order valence-corrected chi connectivity index (χ4v) is 1.50. The zero-order valence-electron chi connectivity index (χ0n) is 8.03. The van der Waals surface area contributed by atoms with Crippen molar-refractivity contribution in [1.82, 2.24) is 0 Å². The first-order chi connectivity index (χ1) is 6.70. The Balaban J connectivity index is 2.39. The number of allylic oxidation sites excluding steroid dienone is 1. The van der Waals surface area contributed by atoms with Crippen molar-refractivity contribution in [3.63, 3.8) is 0 Å². The number of carbonyl (C=O) groups is 1. The second kappa shape index (κ2) is 3.14. The summed E-state index contributed by atoms with van der Waals surface area (Å²) in [6.07, 6.45) is 1.61. The SMILES string of the molecule is C=C1C(C)=CC(=O)N1c1ccccc1. The number of benzene rings is 1. The van der Waals surface area contributed by atoms with Crippen LogP contribution in [0.15, 0.2) is 54.3 Å². The monoisotopic (exact) mass is 185 g/mol. The number of hydrogen-bond donors (Lipinski definition) is 0. The van der Waals surface area contributed by atoms with E-state index >= 15 is 0 Å². The third kappa shape index (κ3) is 1.25. The van der Waals surface area contributed by atoms with Gasteiger partial charge in [0.2, 0.25) is 0 Å². The standard InChI is InChI=1S/C12H11NO/c1-9-8-12(14)13(10(9)2)11-6-4-3-5-7-11/h3-8H,2H2,1H3. The van der Waals surface area contributed by atoms with E-state index in [4.69, 9.17) is 0 Å². The van der Waals surface area contributed by atoms with Gasteiger partial charge in [-0.25, -0.2) is 0 Å². The molecular weight excluding hydrogens is 174 g/mol. The van der Waals surface area contributed by atoms with E-state index in [1.165, 1.54) is 0 Å². The molecule has 1 aromatic carbocycles. The van der Waals surface area contributed by atoms with Gasteiger partial charge in [0.25, 0.3) is 5.91 Å². The summed E-state index contributed by atoms with van der Waals surface area (Å²) in [7, 11) is 0. The maximum atomic E-state index is 11.6. The van der Waals surface area contributed by atoms with Gasteiger partial charge in [-0.05, 0) is 24.6 Å². The lowest BCUT2D eigenvalue weighted by Gasteiger charge is -2.17. The number of hydrogen-bond acceptors (Lipinski definition) is 1. The van der Waals surface area contributed by atoms with Gasteiger partial charge in [0.1, 0.15) is 0 Å². The van der Waals surface area contributed by atoms with E-state index in [0.717, 1.165) is 17.0 Å². The smallest absolute Gasteiger partial charge is 0.255 e. The van der Waals surface area contributed by atoms with E-state index in [0.29, 0.717) is 0 Å². The van der Waals surface area contributed by atoms with Crippen LogP contribution in [0.25, 0.3) is 0 Å². The number of rotatable bonds is 1. The van der Waals surface area contributed by atoms with Gasteiger partial charge in [0.05, 0.1) is 0 Å². The number of amides is 1. The first-order valence-electron chi connectivity index (χ1n) is 4.47. The molecule has 0 spiro atoms. The van der Waals surface area contributed by atoms with Crippen molar-refractivity contribution in [3.8, 4) is 0 Å². The maximum absolute atomic E-state index is 11.6. The molecule has 1 aliphatic heterocycles. The molecule has 0 N–H and O–H groups in total. The van der Waals surface area contributed by atoms with Gasteiger partial charge in [-0.15, -0.1) is 0 Å². The molecule has 0 fully saturated rings. The van der Waals surface area contributed by atoms with Gasteiger partial charge in [0.15, 0.2) is 0 Å². The Labute approximate surface area is 83.2 Å². The van der Waals surface area contributed by atoms with Crippen LogP contribution in [0.2, 0.25) is 0 Å². The Kier molecular flexibility index (Phi) is 1.97. The Morgan fingerprint density at radius 3 is 2.36 bits per heavy atom. The molecule has 0 radical (unpaired) electrons. The lowest BCUT2D eigenvalue weighted by atomic mass is 10.2. The molecule has 0 saturated heterocycles. The highest BCUT2D eigenvalue weighted by Gasteiger charge is 2.24. The van der Waals surface area contributed by atoms with Crippen LogP contribution < -0.4 is 4.90 Å². The summed E-state index contributed by atoms with van der Waals surface area (Å²) < 4.78 is 0. The average molecular weight is 185 g/mol. The van der Waals surface area contributed by atoms with Gasteiger partial charge >= 0.3 is 0 Å². The summed E-state index contributed by atoms with van der Waals surface area (Å²) in [6, 6.07) is 9.53. The first-order valence-corrected chi connectivity index (χ1v) is 4.47. The summed E-state index contributed by atoms with van der Waals surface area (Å²) in [5.41, 5.74) is 2.57. The summed E-state index contributed by atoms with van der Waals surface area (Å²) in [4.78, 5) is 13.2. The third-order valence-corrected chi connectivity index (χ3v) is 2.30. The molecule has 1 heterocycles. The number of nitrogens with zero attached hydrogens (tertiary/aromatic N) is 1. The summed E-state index contributed by atoms with van der Waals surface area (Å²) in [5.74, 6) is -0.0151. The summed E-state index contributed by atoms with van der Waals surface area (Å²) >= 11 is 0. The van der Waals surface area contributed by atoms with E-state index < -0.39 is 0 Å². The van der Waals surface area contributed by atoms with Crippen molar-refractivity contribution >= 4 is 11.6 Å². The van der Waals surface area contributed by atoms with Gasteiger partial charge < -0.3 is 0 Å². The molecule has 1 amide bonds. The second-order valence-electron chi connectivity index (χ2n) is 3.28. The van der Waals surface area contributed by atoms with Crippen molar-refractivity contribution in [2.45, 2.75) is 6.92 Å². The van der Waals surface area contributed by atoms with E-state index in [2.05, 4.69) is 6.58 Å². The molecule has 0 aromatic heterocycles. The highest BCUT2D eigenvalue weighted by Crippen LogP contribution is 2.27. The van der Waals surface area contributed by atoms with Gasteiger partial charge in [0, 0.05) is 17.5 Å². The normalized spacial score (nSPS) is 16.1. The topological polar surface area (TPSA) is 20.3 Å². The molecule has 0 atom stereocenters. The van der Waals surface area contributed by atoms with Crippen molar-refractivity contribution in [2.75, 3.05) is 4.90 Å². The van der Waals surface area contributed by atoms with Crippen molar-refractivity contribution < 1.29 is 4.79 Å². The number of anilines is 1. The highest BCUT2D eigenvalue weighted by atomic mass is 16.2. The van der Waals surface area contributed by atoms with Gasteiger partial charge in [-0.1, -0.05) is 24.8 Å². The summed E-state index contributed by atoms with van der Waals surface area (Å²) in [5, 5.41) is 0. The lowest BCUT2D eigenvalue weighted by Crippen LogP contribution is -2.22. The molecule has 70 valence electrons. The first kappa shape index (κ1) is 8.75. The van der Waals surface area contributed by atoms with Crippen molar-refractivity contribution in [1.29, 1.82) is 0 Å². The molecule has 2 heteroatoms. The minimum atomic E-state index is -0.0151. The fourth-order valence-electron chi connectivity index (χ4n) is 1.50. The highest BCUT2D eigenvalue weighted by molar-refractivity contribution is 6.09. The Morgan fingerprint density at radius 1 is 1.21 bits per heavy atom. The van der Waals surface area contributed by atoms with Crippen LogP contribution in [0.1, 0.15) is 6.92 Å². The van der Waals surface area contributed by atoms with Crippen LogP contribution in [0, 0.1) is 0 Å². The van der Waals surface area contributed by atoms with E-state index in [1.54, 1.807) is 11.0 Å². The van der Waals surface area contributed by atoms with Crippen LogP contribution in [-0.2, 0) is 4.79 Å². The van der Waals surface area contributed by atoms with Crippen molar-refractivity contribution in [2.24, 2.45) is 0 Å². The van der Waals surface area contributed by atoms with Crippen LogP contribution in [0.5, 0.6) is 0 Å². The Hall–Kier alpha value is -1.83. The maximum Gasteiger partial charge on any atom is 0.255 e. The summed E-state index contributed by atoms with van der Waals surface area (Å²) in [6.45, 7) is 5.77. The number of para-hydroxylation sites is 1. The number of carbonyl (C=O) groups excluding carboxylic acids is 1. The molecule has 1 aliphatic rings. The Bertz CT molecular complexity index is 417. The molecule has 2 nitrogen and oxygen atoms in total. The average Bonchev–Trinajstić information content (AvgIpc) is 2.43. The van der Waals surface area contributed by atoms with E-state index in [1.807, 2.05) is 37.3 Å². The van der Waals surface area contributed by atoms with Gasteiger partial charge in [-0.2, -0.15) is 0 Å².